The number of hydrogen-bond acceptors (Lipinski definition) is 0. The molecule has 0 nitrogen and oxygen atoms in total. The molecule has 0 radical (unpaired) electrons. The first-order valence-corrected chi connectivity index (χ1v) is 2.78. The van der Waals surface area contributed by atoms with Crippen molar-refractivity contribution in [3.05, 3.63) is 0 Å². The third kappa shape index (κ3) is 398. The first-order valence-electron chi connectivity index (χ1n) is 0.926. The van der Waals surface area contributed by atoms with Gasteiger partial charge in [0, 0.05) is 0 Å². The van der Waals surface area contributed by atoms with Crippen molar-refractivity contribution in [2.75, 3.05) is 0 Å². The van der Waals surface area contributed by atoms with Crippen LogP contribution < -0.4 is 0 Å². The molecule has 0 atom stereocenters. The number of rotatable bonds is 0. The molecule has 0 aromatic heterocycles. The van der Waals surface area contributed by atoms with Gasteiger partial charge in [0.05, 0.1) is 0 Å². The Balaban J connectivity index is 0. The van der Waals surface area contributed by atoms with Gasteiger partial charge in [-0.1, -0.05) is 23.3 Å². The minimum atomic E-state index is -10.5. The molecule has 0 amide bonds. The summed E-state index contributed by atoms with van der Waals surface area (Å²) in [7, 11) is -10.5. The van der Waals surface area contributed by atoms with Gasteiger partial charge in [0.25, 0.3) is 0 Å². The Morgan fingerprint density at radius 1 is 0.625 bits per heavy atom. The number of hydrogen-bond donors (Lipinski definition) is 0. The van der Waals surface area contributed by atoms with Crippen molar-refractivity contribution >= 4 is 35.0 Å². The van der Waals surface area contributed by atoms with Crippen molar-refractivity contribution in [1.29, 1.82) is 0 Å². The molecule has 0 heterocycles. The van der Waals surface area contributed by atoms with Crippen molar-refractivity contribution in [3.63, 3.8) is 0 Å². The van der Waals surface area contributed by atoms with E-state index in [-0.39, 0.29) is 24.4 Å². The first-order chi connectivity index (χ1) is 2.45. The molecule has 8 heteroatoms. The molecule has 0 aliphatic carbocycles. The molecule has 0 saturated carbocycles. The second-order valence-electron chi connectivity index (χ2n) is 0.875. The van der Waals surface area contributed by atoms with Gasteiger partial charge in [0.15, 0.2) is 0 Å². The first kappa shape index (κ1) is 11.5. The third-order valence-electron chi connectivity index (χ3n) is 0. The molecule has 0 bridgehead atoms. The molecule has 0 aliphatic heterocycles. The molecule has 8 heavy (non-hydrogen) atoms. The molecule has 56 valence electrons. The van der Waals surface area contributed by atoms with Gasteiger partial charge in [-0.25, -0.2) is 0 Å². The van der Waals surface area contributed by atoms with Crippen LogP contribution in [-0.2, 0) is 0 Å². The standard InChI is InChI=1S/F6S.Sb.3H/c1-7(2,3,4,5)6;;;;. The van der Waals surface area contributed by atoms with Gasteiger partial charge in [-0.2, -0.15) is 0 Å². The topological polar surface area (TPSA) is 0 Å². The van der Waals surface area contributed by atoms with Gasteiger partial charge in [0.1, 0.15) is 0 Å². The average Bonchev–Trinajstić information content (AvgIpc) is 0.592. The van der Waals surface area contributed by atoms with Crippen molar-refractivity contribution < 1.29 is 23.3 Å². The van der Waals surface area contributed by atoms with E-state index in [1.807, 2.05) is 0 Å². The normalized spacial score (nSPS) is 20.2. The molecule has 0 aromatic carbocycles. The average molecular weight is 271 g/mol. The monoisotopic (exact) mass is 270 g/mol. The molecule has 0 N–H and O–H groups in total. The van der Waals surface area contributed by atoms with Gasteiger partial charge in [0.2, 0.25) is 0 Å². The van der Waals surface area contributed by atoms with Crippen molar-refractivity contribution in [1.82, 2.24) is 0 Å². The van der Waals surface area contributed by atoms with Gasteiger partial charge >= 0.3 is 35.0 Å². The van der Waals surface area contributed by atoms with Crippen LogP contribution in [0.1, 0.15) is 0 Å². The van der Waals surface area contributed by atoms with E-state index >= 15 is 0 Å². The number of halogens is 6. The van der Waals surface area contributed by atoms with Crippen LogP contribution in [0.15, 0.2) is 0 Å². The molecule has 0 aromatic rings. The second kappa shape index (κ2) is 1.42. The molecular formula is H3F6SSb. The molecule has 0 unspecified atom stereocenters. The van der Waals surface area contributed by atoms with Crippen LogP contribution in [0.5, 0.6) is 0 Å². The SMILES string of the molecule is FS(F)(F)(F)(F)F.[SbH3]. The van der Waals surface area contributed by atoms with Gasteiger partial charge in [-0.3, -0.25) is 0 Å². The Labute approximate surface area is 58.7 Å². The zero-order valence-electron chi connectivity index (χ0n) is 3.38. The van der Waals surface area contributed by atoms with Crippen LogP contribution in [-0.4, -0.2) is 24.4 Å². The molecule has 0 fully saturated rings. The summed E-state index contributed by atoms with van der Waals surface area (Å²) in [5.41, 5.74) is 0. The van der Waals surface area contributed by atoms with E-state index in [2.05, 4.69) is 0 Å². The Morgan fingerprint density at radius 2 is 0.625 bits per heavy atom. The molecule has 0 saturated heterocycles. The molecule has 0 spiro atoms. The molecular weight excluding hydrogens is 268 g/mol. The van der Waals surface area contributed by atoms with Crippen molar-refractivity contribution in [2.45, 2.75) is 0 Å². The van der Waals surface area contributed by atoms with E-state index in [0.717, 1.165) is 0 Å². The molecule has 0 aliphatic rings. The zero-order chi connectivity index (χ0) is 6.41. The van der Waals surface area contributed by atoms with Crippen LogP contribution >= 0.6 is 10.6 Å². The van der Waals surface area contributed by atoms with E-state index in [1.165, 1.54) is 0 Å². The Morgan fingerprint density at radius 3 is 0.625 bits per heavy atom. The summed E-state index contributed by atoms with van der Waals surface area (Å²) in [4.78, 5) is 0. The Hall–Kier alpha value is 0.748. The van der Waals surface area contributed by atoms with Crippen LogP contribution in [0.4, 0.5) is 23.3 Å². The van der Waals surface area contributed by atoms with Gasteiger partial charge in [-0.05, 0) is 0 Å². The summed E-state index contributed by atoms with van der Waals surface area (Å²) in [5, 5.41) is 0. The quantitative estimate of drug-likeness (QED) is 0.467. The van der Waals surface area contributed by atoms with Gasteiger partial charge < -0.3 is 0 Å². The fourth-order valence-corrected chi connectivity index (χ4v) is 0. The van der Waals surface area contributed by atoms with Crippen LogP contribution in [0.25, 0.3) is 0 Å². The van der Waals surface area contributed by atoms with Crippen LogP contribution in [0.3, 0.4) is 0 Å². The van der Waals surface area contributed by atoms with E-state index in [4.69, 9.17) is 0 Å². The second-order valence-corrected chi connectivity index (χ2v) is 2.62. The van der Waals surface area contributed by atoms with Crippen LogP contribution in [0, 0.1) is 0 Å². The summed E-state index contributed by atoms with van der Waals surface area (Å²) in [6.07, 6.45) is 0. The maximum absolute atomic E-state index is 10.5. The van der Waals surface area contributed by atoms with E-state index < -0.39 is 10.6 Å². The summed E-state index contributed by atoms with van der Waals surface area (Å²) in [5.74, 6) is 0. The van der Waals surface area contributed by atoms with Crippen molar-refractivity contribution in [2.24, 2.45) is 0 Å². The fraction of sp³-hybridized carbons (Fsp3) is 0. The van der Waals surface area contributed by atoms with Crippen molar-refractivity contribution in [3.8, 4) is 0 Å². The predicted molar refractivity (Wildman–Crippen MR) is 24.2 cm³/mol. The zero-order valence-corrected chi connectivity index (χ0v) is 8.24. The van der Waals surface area contributed by atoms with E-state index in [1.54, 1.807) is 0 Å². The summed E-state index contributed by atoms with van der Waals surface area (Å²) < 4.78 is 59.1. The Kier molecular flexibility index (Phi) is 2.05. The minimum absolute atomic E-state index is 0. The summed E-state index contributed by atoms with van der Waals surface area (Å²) >= 11 is 0. The van der Waals surface area contributed by atoms with Gasteiger partial charge in [-0.15, -0.1) is 0 Å². The maximum atomic E-state index is 9.85. The Bertz CT molecular complexity index is 67.1. The summed E-state index contributed by atoms with van der Waals surface area (Å²) in [6, 6.07) is 0. The van der Waals surface area contributed by atoms with E-state index in [9.17, 15) is 23.3 Å². The third-order valence-corrected chi connectivity index (χ3v) is 0. The summed E-state index contributed by atoms with van der Waals surface area (Å²) in [6.45, 7) is 0. The fourth-order valence-electron chi connectivity index (χ4n) is 0. The molecule has 0 rings (SSSR count). The predicted octanol–water partition coefficient (Wildman–Crippen LogP) is 1.99. The van der Waals surface area contributed by atoms with Crippen LogP contribution in [0.2, 0.25) is 0 Å². The van der Waals surface area contributed by atoms with E-state index in [0.29, 0.717) is 0 Å².